The van der Waals surface area contributed by atoms with Gasteiger partial charge in [-0.3, -0.25) is 9.89 Å². The summed E-state index contributed by atoms with van der Waals surface area (Å²) < 4.78 is 39.6. The molecule has 1 aromatic heterocycles. The van der Waals surface area contributed by atoms with E-state index >= 15 is 0 Å². The highest BCUT2D eigenvalue weighted by Gasteiger charge is 2.66. The Balaban J connectivity index is 1.59. The minimum Gasteiger partial charge on any atom is -0.497 e. The number of sulfonamides is 1. The molecule has 2 unspecified atom stereocenters. The molecule has 1 aliphatic heterocycles. The van der Waals surface area contributed by atoms with Crippen LogP contribution in [0.25, 0.3) is 10.9 Å². The first-order valence-corrected chi connectivity index (χ1v) is 13.6. The van der Waals surface area contributed by atoms with Crippen molar-refractivity contribution in [3.63, 3.8) is 0 Å². The summed E-state index contributed by atoms with van der Waals surface area (Å²) in [7, 11) is -0.693. The summed E-state index contributed by atoms with van der Waals surface area (Å²) in [5, 5.41) is 10.9. The lowest BCUT2D eigenvalue weighted by Crippen LogP contribution is -2.29. The van der Waals surface area contributed by atoms with Crippen LogP contribution >= 0.6 is 0 Å². The van der Waals surface area contributed by atoms with Crippen molar-refractivity contribution < 1.29 is 22.7 Å². The lowest BCUT2D eigenvalue weighted by molar-refractivity contribution is -0.118. The first-order valence-electron chi connectivity index (χ1n) is 12.0. The molecule has 0 radical (unpaired) electrons. The van der Waals surface area contributed by atoms with E-state index < -0.39 is 15.4 Å². The van der Waals surface area contributed by atoms with Crippen LogP contribution in [0.15, 0.2) is 60.8 Å². The second-order valence-corrected chi connectivity index (χ2v) is 11.4. The van der Waals surface area contributed by atoms with Gasteiger partial charge in [-0.15, -0.1) is 0 Å². The molecule has 1 amide bonds. The maximum absolute atomic E-state index is 13.6. The van der Waals surface area contributed by atoms with Gasteiger partial charge in [-0.25, -0.2) is 12.7 Å². The van der Waals surface area contributed by atoms with Gasteiger partial charge in [0.1, 0.15) is 11.5 Å². The van der Waals surface area contributed by atoms with Gasteiger partial charge >= 0.3 is 0 Å². The van der Waals surface area contributed by atoms with Crippen LogP contribution in [-0.4, -0.2) is 44.5 Å². The minimum atomic E-state index is -3.80. The Kier molecular flexibility index (Phi) is 5.20. The third kappa shape index (κ3) is 3.39. The predicted octanol–water partition coefficient (Wildman–Crippen LogP) is 4.45. The van der Waals surface area contributed by atoms with Crippen molar-refractivity contribution in [3.05, 3.63) is 71.9 Å². The Labute approximate surface area is 214 Å². The molecule has 1 fully saturated rings. The van der Waals surface area contributed by atoms with Crippen molar-refractivity contribution in [3.8, 4) is 11.5 Å². The summed E-state index contributed by atoms with van der Waals surface area (Å²) >= 11 is 0. The molecule has 1 saturated carbocycles. The van der Waals surface area contributed by atoms with Gasteiger partial charge in [0.05, 0.1) is 48.5 Å². The van der Waals surface area contributed by atoms with E-state index in [1.165, 1.54) is 11.4 Å². The number of fused-ring (bicyclic) bond motifs is 3. The van der Waals surface area contributed by atoms with Gasteiger partial charge in [0.25, 0.3) is 0 Å². The highest BCUT2D eigenvalue weighted by Crippen LogP contribution is 2.67. The Morgan fingerprint density at radius 2 is 1.89 bits per heavy atom. The normalized spacial score (nSPS) is 20.1. The number of methoxy groups -OCH3 is 2. The highest BCUT2D eigenvalue weighted by atomic mass is 32.2. The number of anilines is 3. The summed E-state index contributed by atoms with van der Waals surface area (Å²) in [5.41, 5.74) is 3.19. The second-order valence-electron chi connectivity index (χ2n) is 9.30. The van der Waals surface area contributed by atoms with Gasteiger partial charge in [0.15, 0.2) is 0 Å². The molecule has 0 bridgehead atoms. The minimum absolute atomic E-state index is 0.0985. The number of ether oxygens (including phenoxy) is 2. The molecular formula is C27H26N4O5S. The van der Waals surface area contributed by atoms with Crippen molar-refractivity contribution in [2.45, 2.75) is 24.7 Å². The SMILES string of the molecule is CCS(=O)(=O)N(c1ccccc1OC)c1cc2cn[nH]c2cc1C1CC12C(=O)Nc1ccc(OC)cc12. The Bertz CT molecular complexity index is 1660. The maximum Gasteiger partial charge on any atom is 0.239 e. The van der Waals surface area contributed by atoms with Gasteiger partial charge in [-0.1, -0.05) is 12.1 Å². The zero-order valence-electron chi connectivity index (χ0n) is 20.6. The van der Waals surface area contributed by atoms with Gasteiger partial charge in [-0.05, 0) is 66.9 Å². The molecule has 0 saturated heterocycles. The van der Waals surface area contributed by atoms with E-state index in [0.717, 1.165) is 27.7 Å². The fraction of sp³-hybridized carbons (Fsp3) is 0.259. The van der Waals surface area contributed by atoms with Gasteiger partial charge < -0.3 is 14.8 Å². The molecule has 6 rings (SSSR count). The van der Waals surface area contributed by atoms with E-state index in [4.69, 9.17) is 9.47 Å². The van der Waals surface area contributed by atoms with Crippen LogP contribution in [0.4, 0.5) is 17.1 Å². The van der Waals surface area contributed by atoms with E-state index in [9.17, 15) is 13.2 Å². The number of H-pyrrole nitrogens is 1. The van der Waals surface area contributed by atoms with Crippen LogP contribution in [0.1, 0.15) is 30.4 Å². The molecule has 4 aromatic rings. The fourth-order valence-electron chi connectivity index (χ4n) is 5.48. The average molecular weight is 519 g/mol. The van der Waals surface area contributed by atoms with Crippen molar-refractivity contribution in [2.75, 3.05) is 29.6 Å². The lowest BCUT2D eigenvalue weighted by Gasteiger charge is -2.28. The summed E-state index contributed by atoms with van der Waals surface area (Å²) in [5.74, 6) is 0.613. The van der Waals surface area contributed by atoms with Gasteiger partial charge in [0, 0.05) is 17.0 Å². The van der Waals surface area contributed by atoms with Crippen molar-refractivity contribution in [2.24, 2.45) is 0 Å². The first-order chi connectivity index (χ1) is 17.8. The number of aromatic nitrogens is 2. The van der Waals surface area contributed by atoms with Crippen molar-refractivity contribution >= 4 is 43.9 Å². The summed E-state index contributed by atoms with van der Waals surface area (Å²) in [4.78, 5) is 13.4. The second kappa shape index (κ2) is 8.24. The maximum atomic E-state index is 13.6. The number of carbonyl (C=O) groups excluding carboxylic acids is 1. The van der Waals surface area contributed by atoms with E-state index in [1.54, 1.807) is 44.5 Å². The number of nitrogens with one attached hydrogen (secondary N) is 2. The summed E-state index contributed by atoms with van der Waals surface area (Å²) in [6.07, 6.45) is 2.20. The molecule has 1 spiro atoms. The van der Waals surface area contributed by atoms with Crippen LogP contribution in [0.5, 0.6) is 11.5 Å². The molecule has 2 heterocycles. The van der Waals surface area contributed by atoms with Crippen LogP contribution in [0.2, 0.25) is 0 Å². The molecule has 3 aromatic carbocycles. The van der Waals surface area contributed by atoms with Gasteiger partial charge in [-0.2, -0.15) is 5.10 Å². The molecule has 1 aliphatic carbocycles. The van der Waals surface area contributed by atoms with E-state index in [2.05, 4.69) is 15.5 Å². The molecule has 2 atom stereocenters. The van der Waals surface area contributed by atoms with Crippen LogP contribution in [0, 0.1) is 0 Å². The number of hydrogen-bond acceptors (Lipinski definition) is 6. The number of hydrogen-bond donors (Lipinski definition) is 2. The van der Waals surface area contributed by atoms with E-state index in [-0.39, 0.29) is 17.6 Å². The standard InChI is InChI=1S/C27H26N4O5S/c1-4-37(33,34)31(23-7-5-6-8-25(23)36-3)24-11-16-15-28-30-22(16)13-18(24)20-14-27(20)19-12-17(35-2)9-10-21(19)29-26(27)32/h5-13,15,20H,4,14H2,1-3H3,(H,28,30)(H,29,32). The Hall–Kier alpha value is -4.05. The van der Waals surface area contributed by atoms with E-state index in [1.807, 2.05) is 30.3 Å². The molecule has 9 nitrogen and oxygen atoms in total. The van der Waals surface area contributed by atoms with Crippen molar-refractivity contribution in [1.29, 1.82) is 0 Å². The smallest absolute Gasteiger partial charge is 0.239 e. The number of nitrogens with zero attached hydrogens (tertiary/aromatic N) is 2. The zero-order chi connectivity index (χ0) is 25.9. The largest absolute Gasteiger partial charge is 0.497 e. The number of carbonyl (C=O) groups is 1. The first kappa shape index (κ1) is 23.4. The topological polar surface area (TPSA) is 114 Å². The van der Waals surface area contributed by atoms with Crippen molar-refractivity contribution in [1.82, 2.24) is 10.2 Å². The number of para-hydroxylation sites is 2. The number of benzene rings is 3. The summed E-state index contributed by atoms with van der Waals surface area (Å²) in [6.45, 7) is 1.61. The molecular weight excluding hydrogens is 492 g/mol. The molecule has 10 heteroatoms. The fourth-order valence-corrected chi connectivity index (χ4v) is 6.65. The Morgan fingerprint density at radius 3 is 2.65 bits per heavy atom. The lowest BCUT2D eigenvalue weighted by atomic mass is 9.91. The number of aromatic amines is 1. The average Bonchev–Trinajstić information content (AvgIpc) is 3.39. The molecule has 37 heavy (non-hydrogen) atoms. The quantitative estimate of drug-likeness (QED) is 0.374. The van der Waals surface area contributed by atoms with Crippen LogP contribution in [0.3, 0.4) is 0 Å². The monoisotopic (exact) mass is 518 g/mol. The summed E-state index contributed by atoms with van der Waals surface area (Å²) in [6, 6.07) is 16.3. The van der Waals surface area contributed by atoms with Crippen LogP contribution in [-0.2, 0) is 20.2 Å². The number of rotatable bonds is 7. The third-order valence-electron chi connectivity index (χ3n) is 7.45. The molecule has 2 aliphatic rings. The van der Waals surface area contributed by atoms with E-state index in [0.29, 0.717) is 29.3 Å². The zero-order valence-corrected chi connectivity index (χ0v) is 21.4. The Morgan fingerprint density at radius 1 is 1.08 bits per heavy atom. The highest BCUT2D eigenvalue weighted by molar-refractivity contribution is 7.93. The molecule has 190 valence electrons. The number of amides is 1. The molecule has 2 N–H and O–H groups in total. The van der Waals surface area contributed by atoms with Gasteiger partial charge in [0.2, 0.25) is 15.9 Å². The van der Waals surface area contributed by atoms with Crippen LogP contribution < -0.4 is 19.1 Å². The predicted molar refractivity (Wildman–Crippen MR) is 141 cm³/mol. The third-order valence-corrected chi connectivity index (χ3v) is 9.13.